The van der Waals surface area contributed by atoms with E-state index in [1.165, 1.54) is 13.5 Å². The molecule has 150 valence electrons. The van der Waals surface area contributed by atoms with E-state index < -0.39 is 22.0 Å². The smallest absolute Gasteiger partial charge is 0.324 e. The van der Waals surface area contributed by atoms with Crippen molar-refractivity contribution in [1.29, 1.82) is 0 Å². The molecule has 0 radical (unpaired) electrons. The lowest BCUT2D eigenvalue weighted by atomic mass is 10.1. The van der Waals surface area contributed by atoms with E-state index in [0.717, 1.165) is 42.1 Å². The van der Waals surface area contributed by atoms with Crippen LogP contribution in [0.25, 0.3) is 10.9 Å². The Balaban J connectivity index is 1.98. The van der Waals surface area contributed by atoms with Gasteiger partial charge in [0.05, 0.1) is 12.9 Å². The van der Waals surface area contributed by atoms with Gasteiger partial charge in [-0.25, -0.2) is 13.1 Å². The molecule has 0 saturated carbocycles. The van der Waals surface area contributed by atoms with Crippen LogP contribution in [0.3, 0.4) is 0 Å². The van der Waals surface area contributed by atoms with Gasteiger partial charge < -0.3 is 9.72 Å². The van der Waals surface area contributed by atoms with Crippen molar-refractivity contribution in [2.45, 2.75) is 57.9 Å². The molecule has 2 aromatic rings. The van der Waals surface area contributed by atoms with E-state index in [2.05, 4.69) is 16.6 Å². The molecule has 0 unspecified atom stereocenters. The van der Waals surface area contributed by atoms with Crippen LogP contribution in [0.4, 0.5) is 0 Å². The van der Waals surface area contributed by atoms with E-state index in [1.54, 1.807) is 0 Å². The molecule has 27 heavy (non-hydrogen) atoms. The fourth-order valence-corrected chi connectivity index (χ4v) is 4.50. The summed E-state index contributed by atoms with van der Waals surface area (Å²) >= 11 is 0. The van der Waals surface area contributed by atoms with Crippen molar-refractivity contribution in [3.63, 3.8) is 0 Å². The molecule has 1 heterocycles. The molecule has 0 aliphatic heterocycles. The van der Waals surface area contributed by atoms with Crippen molar-refractivity contribution in [2.24, 2.45) is 0 Å². The Labute approximate surface area is 161 Å². The third-order valence-corrected chi connectivity index (χ3v) is 6.14. The number of hydrogen-bond acceptors (Lipinski definition) is 4. The first-order chi connectivity index (χ1) is 13.0. The maximum atomic E-state index is 12.4. The Morgan fingerprint density at radius 3 is 2.59 bits per heavy atom. The largest absolute Gasteiger partial charge is 0.468 e. The van der Waals surface area contributed by atoms with Crippen molar-refractivity contribution in [1.82, 2.24) is 9.71 Å². The van der Waals surface area contributed by atoms with Crippen molar-refractivity contribution in [2.75, 3.05) is 12.9 Å². The van der Waals surface area contributed by atoms with Crippen LogP contribution in [0.1, 0.15) is 51.0 Å². The summed E-state index contributed by atoms with van der Waals surface area (Å²) in [5.74, 6) is -0.549. The minimum atomic E-state index is -3.55. The predicted molar refractivity (Wildman–Crippen MR) is 108 cm³/mol. The number of nitrogens with one attached hydrogen (secondary N) is 2. The number of ether oxygens (including phenoxy) is 1. The highest BCUT2D eigenvalue weighted by Crippen LogP contribution is 2.19. The summed E-state index contributed by atoms with van der Waals surface area (Å²) in [6.07, 6.45) is 8.05. The summed E-state index contributed by atoms with van der Waals surface area (Å²) in [4.78, 5) is 15.3. The molecule has 0 aliphatic rings. The Kier molecular flexibility index (Phi) is 8.31. The molecule has 0 aliphatic carbocycles. The summed E-state index contributed by atoms with van der Waals surface area (Å²) < 4.78 is 32.2. The molecular formula is C20H30N2O4S. The van der Waals surface area contributed by atoms with Gasteiger partial charge in [0.15, 0.2) is 0 Å². The fourth-order valence-electron chi connectivity index (χ4n) is 3.18. The quantitative estimate of drug-likeness (QED) is 0.426. The average molecular weight is 395 g/mol. The maximum absolute atomic E-state index is 12.4. The molecule has 0 saturated heterocycles. The lowest BCUT2D eigenvalue weighted by molar-refractivity contribution is -0.142. The summed E-state index contributed by atoms with van der Waals surface area (Å²) in [5.41, 5.74) is 1.83. The van der Waals surface area contributed by atoms with Crippen LogP contribution in [0.2, 0.25) is 0 Å². The highest BCUT2D eigenvalue weighted by Gasteiger charge is 2.26. The first-order valence-electron chi connectivity index (χ1n) is 9.59. The number of para-hydroxylation sites is 1. The third kappa shape index (κ3) is 6.66. The van der Waals surface area contributed by atoms with E-state index in [4.69, 9.17) is 4.74 Å². The van der Waals surface area contributed by atoms with E-state index >= 15 is 0 Å². The van der Waals surface area contributed by atoms with Gasteiger partial charge in [-0.3, -0.25) is 4.79 Å². The standard InChI is InChI=1S/C20H30N2O4S/c1-3-4-5-6-7-10-13-27(24,25)22-19(20(23)26-2)14-16-15-21-18-12-9-8-11-17(16)18/h8-9,11-12,15,19,21-22H,3-7,10,13-14H2,1-2H3/t19-/m1/s1. The minimum absolute atomic E-state index is 0.0283. The molecule has 2 rings (SSSR count). The van der Waals surface area contributed by atoms with Crippen LogP contribution in [-0.2, 0) is 26.0 Å². The summed E-state index contributed by atoms with van der Waals surface area (Å²) in [7, 11) is -2.28. The summed E-state index contributed by atoms with van der Waals surface area (Å²) in [6, 6.07) is 6.79. The van der Waals surface area contributed by atoms with Gasteiger partial charge in [0.25, 0.3) is 0 Å². The van der Waals surface area contributed by atoms with Gasteiger partial charge in [0, 0.05) is 23.5 Å². The number of methoxy groups -OCH3 is 1. The van der Waals surface area contributed by atoms with Gasteiger partial charge >= 0.3 is 5.97 Å². The predicted octanol–water partition coefficient (Wildman–Crippen LogP) is 3.53. The maximum Gasteiger partial charge on any atom is 0.324 e. The number of benzene rings is 1. The van der Waals surface area contributed by atoms with Gasteiger partial charge in [0.1, 0.15) is 6.04 Å². The number of esters is 1. The monoisotopic (exact) mass is 394 g/mol. The van der Waals surface area contributed by atoms with Gasteiger partial charge in [-0.2, -0.15) is 0 Å². The molecule has 1 aromatic heterocycles. The molecule has 0 bridgehead atoms. The number of H-pyrrole nitrogens is 1. The Hall–Kier alpha value is -1.86. The second-order valence-electron chi connectivity index (χ2n) is 6.84. The van der Waals surface area contributed by atoms with Gasteiger partial charge in [0.2, 0.25) is 10.0 Å². The number of carbonyl (C=O) groups is 1. The van der Waals surface area contributed by atoms with Crippen LogP contribution < -0.4 is 4.72 Å². The minimum Gasteiger partial charge on any atom is -0.468 e. The van der Waals surface area contributed by atoms with Crippen molar-refractivity contribution in [3.05, 3.63) is 36.0 Å². The number of aromatic amines is 1. The Morgan fingerprint density at radius 1 is 1.15 bits per heavy atom. The van der Waals surface area contributed by atoms with E-state index in [-0.39, 0.29) is 12.2 Å². The lowest BCUT2D eigenvalue weighted by Crippen LogP contribution is -2.43. The number of carbonyl (C=O) groups excluding carboxylic acids is 1. The highest BCUT2D eigenvalue weighted by molar-refractivity contribution is 7.89. The van der Waals surface area contributed by atoms with Crippen molar-refractivity contribution in [3.8, 4) is 0 Å². The molecule has 0 fully saturated rings. The molecule has 0 amide bonds. The van der Waals surface area contributed by atoms with Crippen LogP contribution >= 0.6 is 0 Å². The number of aromatic nitrogens is 1. The molecule has 0 spiro atoms. The number of fused-ring (bicyclic) bond motifs is 1. The highest BCUT2D eigenvalue weighted by atomic mass is 32.2. The second kappa shape index (κ2) is 10.5. The molecular weight excluding hydrogens is 364 g/mol. The zero-order chi connectivity index (χ0) is 19.7. The summed E-state index contributed by atoms with van der Waals surface area (Å²) in [6.45, 7) is 2.15. The van der Waals surface area contributed by atoms with E-state index in [9.17, 15) is 13.2 Å². The third-order valence-electron chi connectivity index (χ3n) is 4.67. The fraction of sp³-hybridized carbons (Fsp3) is 0.550. The van der Waals surface area contributed by atoms with Crippen LogP contribution in [-0.4, -0.2) is 38.3 Å². The second-order valence-corrected chi connectivity index (χ2v) is 8.72. The van der Waals surface area contributed by atoms with Crippen LogP contribution in [0, 0.1) is 0 Å². The molecule has 1 aromatic carbocycles. The SMILES string of the molecule is CCCCCCCCS(=O)(=O)N[C@H](Cc1c[nH]c2ccccc12)C(=O)OC. The molecule has 1 atom stereocenters. The molecule has 7 heteroatoms. The Bertz CT molecular complexity index is 829. The van der Waals surface area contributed by atoms with E-state index in [1.807, 2.05) is 30.5 Å². The zero-order valence-corrected chi connectivity index (χ0v) is 17.0. The lowest BCUT2D eigenvalue weighted by Gasteiger charge is -2.16. The normalized spacial score (nSPS) is 13.0. The number of rotatable bonds is 12. The molecule has 6 nitrogen and oxygen atoms in total. The summed E-state index contributed by atoms with van der Waals surface area (Å²) in [5, 5.41) is 0.974. The first-order valence-corrected chi connectivity index (χ1v) is 11.2. The van der Waals surface area contributed by atoms with Gasteiger partial charge in [-0.05, 0) is 18.1 Å². The topological polar surface area (TPSA) is 88.3 Å². The van der Waals surface area contributed by atoms with Crippen molar-refractivity contribution >= 4 is 26.9 Å². The van der Waals surface area contributed by atoms with Crippen molar-refractivity contribution < 1.29 is 17.9 Å². The van der Waals surface area contributed by atoms with Gasteiger partial charge in [-0.15, -0.1) is 0 Å². The average Bonchev–Trinajstić information content (AvgIpc) is 3.06. The van der Waals surface area contributed by atoms with Gasteiger partial charge in [-0.1, -0.05) is 57.2 Å². The number of sulfonamides is 1. The Morgan fingerprint density at radius 2 is 1.85 bits per heavy atom. The zero-order valence-electron chi connectivity index (χ0n) is 16.2. The van der Waals surface area contributed by atoms with E-state index in [0.29, 0.717) is 6.42 Å². The van der Waals surface area contributed by atoms with Crippen LogP contribution in [0.15, 0.2) is 30.5 Å². The van der Waals surface area contributed by atoms with Crippen LogP contribution in [0.5, 0.6) is 0 Å². The molecule has 2 N–H and O–H groups in total. The number of unbranched alkanes of at least 4 members (excludes halogenated alkanes) is 5. The number of hydrogen-bond donors (Lipinski definition) is 2. The first kappa shape index (κ1) is 21.4.